The van der Waals surface area contributed by atoms with E-state index in [1.54, 1.807) is 18.2 Å². The first kappa shape index (κ1) is 14.7. The first-order valence-corrected chi connectivity index (χ1v) is 8.25. The highest BCUT2D eigenvalue weighted by Crippen LogP contribution is 2.17. The highest BCUT2D eigenvalue weighted by atomic mass is 35.5. The van der Waals surface area contributed by atoms with Crippen molar-refractivity contribution in [3.05, 3.63) is 59.1 Å². The Morgan fingerprint density at radius 1 is 1.05 bits per heavy atom. The lowest BCUT2D eigenvalue weighted by atomic mass is 10.2. The zero-order valence-electron chi connectivity index (χ0n) is 10.9. The first-order valence-electron chi connectivity index (χ1n) is 5.98. The fourth-order valence-electron chi connectivity index (χ4n) is 1.71. The number of sulfonamides is 1. The number of benzene rings is 2. The van der Waals surface area contributed by atoms with Crippen molar-refractivity contribution in [3.8, 4) is 0 Å². The van der Waals surface area contributed by atoms with E-state index in [1.807, 2.05) is 30.3 Å². The maximum atomic E-state index is 11.2. The topological polar surface area (TPSA) is 58.2 Å². The van der Waals surface area contributed by atoms with Gasteiger partial charge in [0.2, 0.25) is 10.0 Å². The summed E-state index contributed by atoms with van der Waals surface area (Å²) >= 11 is 5.83. The quantitative estimate of drug-likeness (QED) is 0.890. The molecule has 6 heteroatoms. The summed E-state index contributed by atoms with van der Waals surface area (Å²) in [6.45, 7) is 0.638. The fraction of sp³-hybridized carbons (Fsp3) is 0.143. The van der Waals surface area contributed by atoms with Gasteiger partial charge in [-0.3, -0.25) is 4.72 Å². The number of anilines is 2. The Bertz CT molecular complexity index is 685. The summed E-state index contributed by atoms with van der Waals surface area (Å²) in [5, 5.41) is 3.93. The first-order chi connectivity index (χ1) is 9.42. The third-order valence-corrected chi connectivity index (χ3v) is 3.43. The molecule has 0 heterocycles. The van der Waals surface area contributed by atoms with Crippen molar-refractivity contribution >= 4 is 33.0 Å². The Kier molecular flexibility index (Phi) is 4.52. The molecule has 0 fully saturated rings. The predicted octanol–water partition coefficient (Wildman–Crippen LogP) is 3.32. The largest absolute Gasteiger partial charge is 0.381 e. The van der Waals surface area contributed by atoms with E-state index in [9.17, 15) is 8.42 Å². The van der Waals surface area contributed by atoms with Gasteiger partial charge in [0.05, 0.1) is 11.9 Å². The van der Waals surface area contributed by atoms with Crippen LogP contribution in [0.25, 0.3) is 0 Å². The van der Waals surface area contributed by atoms with Crippen LogP contribution in [0.3, 0.4) is 0 Å². The number of hydrogen-bond donors (Lipinski definition) is 2. The van der Waals surface area contributed by atoms with Gasteiger partial charge in [0.1, 0.15) is 0 Å². The van der Waals surface area contributed by atoms with Crippen LogP contribution < -0.4 is 10.0 Å². The summed E-state index contributed by atoms with van der Waals surface area (Å²) in [6, 6.07) is 14.7. The van der Waals surface area contributed by atoms with Crippen LogP contribution in [0, 0.1) is 0 Å². The Labute approximate surface area is 123 Å². The summed E-state index contributed by atoms with van der Waals surface area (Å²) in [7, 11) is -3.26. The Morgan fingerprint density at radius 3 is 2.35 bits per heavy atom. The minimum absolute atomic E-state index is 0.536. The van der Waals surface area contributed by atoms with E-state index in [-0.39, 0.29) is 0 Å². The number of halogens is 1. The maximum Gasteiger partial charge on any atom is 0.229 e. The second-order valence-electron chi connectivity index (χ2n) is 4.44. The molecule has 0 spiro atoms. The van der Waals surface area contributed by atoms with Crippen LogP contribution in [-0.4, -0.2) is 14.7 Å². The van der Waals surface area contributed by atoms with Crippen molar-refractivity contribution in [3.63, 3.8) is 0 Å². The molecule has 0 aliphatic carbocycles. The lowest BCUT2D eigenvalue weighted by Crippen LogP contribution is -2.09. The van der Waals surface area contributed by atoms with Crippen molar-refractivity contribution < 1.29 is 8.42 Å². The predicted molar refractivity (Wildman–Crippen MR) is 83.7 cm³/mol. The third-order valence-electron chi connectivity index (χ3n) is 2.58. The van der Waals surface area contributed by atoms with Crippen molar-refractivity contribution in [2.75, 3.05) is 16.3 Å². The highest BCUT2D eigenvalue weighted by molar-refractivity contribution is 7.92. The van der Waals surface area contributed by atoms with Crippen LogP contribution in [0.5, 0.6) is 0 Å². The van der Waals surface area contributed by atoms with E-state index >= 15 is 0 Å². The average molecular weight is 311 g/mol. The van der Waals surface area contributed by atoms with Gasteiger partial charge in [-0.05, 0) is 35.9 Å². The van der Waals surface area contributed by atoms with Gasteiger partial charge in [0, 0.05) is 17.3 Å². The second-order valence-corrected chi connectivity index (χ2v) is 6.62. The van der Waals surface area contributed by atoms with Gasteiger partial charge >= 0.3 is 0 Å². The molecule has 2 rings (SSSR count). The zero-order valence-corrected chi connectivity index (χ0v) is 12.5. The van der Waals surface area contributed by atoms with Gasteiger partial charge in [0.15, 0.2) is 0 Å². The maximum absolute atomic E-state index is 11.2. The lowest BCUT2D eigenvalue weighted by molar-refractivity contribution is 0.607. The van der Waals surface area contributed by atoms with Crippen LogP contribution in [0.4, 0.5) is 11.4 Å². The van der Waals surface area contributed by atoms with Crippen LogP contribution in [0.1, 0.15) is 5.56 Å². The molecule has 2 aromatic rings. The molecule has 0 aliphatic rings. The molecular weight excluding hydrogens is 296 g/mol. The molecule has 4 nitrogen and oxygen atoms in total. The minimum atomic E-state index is -3.26. The van der Waals surface area contributed by atoms with Gasteiger partial charge in [-0.25, -0.2) is 8.42 Å². The minimum Gasteiger partial charge on any atom is -0.381 e. The van der Waals surface area contributed by atoms with E-state index < -0.39 is 10.0 Å². The number of nitrogens with one attached hydrogen (secondary N) is 2. The summed E-state index contributed by atoms with van der Waals surface area (Å²) in [5.74, 6) is 0. The van der Waals surface area contributed by atoms with Gasteiger partial charge in [-0.15, -0.1) is 0 Å². The molecule has 0 aliphatic heterocycles. The molecule has 0 saturated carbocycles. The molecule has 106 valence electrons. The Hall–Kier alpha value is -1.72. The van der Waals surface area contributed by atoms with Gasteiger partial charge in [-0.1, -0.05) is 29.8 Å². The normalized spacial score (nSPS) is 11.1. The summed E-state index contributed by atoms with van der Waals surface area (Å²) in [6.07, 6.45) is 1.13. The van der Waals surface area contributed by atoms with E-state index in [0.717, 1.165) is 17.5 Å². The smallest absolute Gasteiger partial charge is 0.229 e. The SMILES string of the molecule is CS(=O)(=O)Nc1cccc(NCc2ccc(Cl)cc2)c1. The highest BCUT2D eigenvalue weighted by Gasteiger charge is 2.02. The lowest BCUT2D eigenvalue weighted by Gasteiger charge is -2.09. The number of rotatable bonds is 5. The third kappa shape index (κ3) is 4.75. The van der Waals surface area contributed by atoms with Crippen molar-refractivity contribution in [1.29, 1.82) is 0 Å². The van der Waals surface area contributed by atoms with Crippen LogP contribution in [0.15, 0.2) is 48.5 Å². The van der Waals surface area contributed by atoms with E-state index in [0.29, 0.717) is 17.3 Å². The van der Waals surface area contributed by atoms with Gasteiger partial charge in [-0.2, -0.15) is 0 Å². The van der Waals surface area contributed by atoms with E-state index in [4.69, 9.17) is 11.6 Å². The van der Waals surface area contributed by atoms with E-state index in [1.165, 1.54) is 0 Å². The Morgan fingerprint density at radius 2 is 1.70 bits per heavy atom. The molecule has 2 N–H and O–H groups in total. The van der Waals surface area contributed by atoms with Crippen molar-refractivity contribution in [2.45, 2.75) is 6.54 Å². The Balaban J connectivity index is 2.03. The van der Waals surface area contributed by atoms with Gasteiger partial charge in [0.25, 0.3) is 0 Å². The molecule has 20 heavy (non-hydrogen) atoms. The second kappa shape index (κ2) is 6.15. The summed E-state index contributed by atoms with van der Waals surface area (Å²) in [5.41, 5.74) is 2.47. The molecular formula is C14H15ClN2O2S. The summed E-state index contributed by atoms with van der Waals surface area (Å²) in [4.78, 5) is 0. The van der Waals surface area contributed by atoms with E-state index in [2.05, 4.69) is 10.0 Å². The standard InChI is InChI=1S/C14H15ClN2O2S/c1-20(18,19)17-14-4-2-3-13(9-14)16-10-11-5-7-12(15)8-6-11/h2-9,16-17H,10H2,1H3. The molecule has 0 radical (unpaired) electrons. The molecule has 0 aromatic heterocycles. The average Bonchev–Trinajstić information content (AvgIpc) is 2.36. The fourth-order valence-corrected chi connectivity index (χ4v) is 2.39. The molecule has 0 bridgehead atoms. The number of hydrogen-bond acceptors (Lipinski definition) is 3. The van der Waals surface area contributed by atoms with Crippen LogP contribution >= 0.6 is 11.6 Å². The zero-order chi connectivity index (χ0) is 14.6. The molecule has 0 atom stereocenters. The van der Waals surface area contributed by atoms with Crippen molar-refractivity contribution in [1.82, 2.24) is 0 Å². The monoisotopic (exact) mass is 310 g/mol. The molecule has 0 unspecified atom stereocenters. The summed E-state index contributed by atoms with van der Waals surface area (Å²) < 4.78 is 24.8. The van der Waals surface area contributed by atoms with Crippen LogP contribution in [0.2, 0.25) is 5.02 Å². The molecule has 2 aromatic carbocycles. The molecule has 0 saturated heterocycles. The molecule has 0 amide bonds. The van der Waals surface area contributed by atoms with Crippen LogP contribution in [-0.2, 0) is 16.6 Å². The van der Waals surface area contributed by atoms with Gasteiger partial charge < -0.3 is 5.32 Å². The van der Waals surface area contributed by atoms with Crippen molar-refractivity contribution in [2.24, 2.45) is 0 Å².